The molecule has 0 fully saturated rings. The predicted octanol–water partition coefficient (Wildman–Crippen LogP) is 3.92. The van der Waals surface area contributed by atoms with Crippen molar-refractivity contribution >= 4 is 23.6 Å². The number of nitro groups is 1. The topological polar surface area (TPSA) is 123 Å². The van der Waals surface area contributed by atoms with Crippen molar-refractivity contribution in [3.8, 4) is 11.5 Å². The normalized spacial score (nSPS) is 11.3. The molecule has 0 amide bonds. The second kappa shape index (κ2) is 9.58. The zero-order chi connectivity index (χ0) is 22.3. The van der Waals surface area contributed by atoms with Gasteiger partial charge in [-0.15, -0.1) is 0 Å². The van der Waals surface area contributed by atoms with Crippen LogP contribution in [0.4, 0.5) is 24.5 Å². The Morgan fingerprint density at radius 1 is 1.23 bits per heavy atom. The van der Waals surface area contributed by atoms with Crippen molar-refractivity contribution in [2.75, 3.05) is 18.6 Å². The number of carboxylic acid groups (broad SMARTS) is 1. The maximum atomic E-state index is 12.7. The number of anilines is 1. The number of benzene rings is 2. The Morgan fingerprint density at radius 3 is 2.57 bits per heavy atom. The molecule has 2 N–H and O–H groups in total. The second-order valence-corrected chi connectivity index (χ2v) is 5.68. The Labute approximate surface area is 167 Å². The summed E-state index contributed by atoms with van der Waals surface area (Å²) in [5.41, 5.74) is 0.640. The SMILES string of the molecule is CCOc1cc(/C=N\Nc2ccc(C(F)(F)F)cc2[N+](=O)[O-])ccc1OCC(=O)O. The standard InChI is InChI=1S/C18H16F3N3O6/c1-2-29-16-7-11(3-6-15(16)30-10-17(25)26)9-22-23-13-5-4-12(18(19,20)21)8-14(13)24(27)28/h3-9,23H,2,10H2,1H3,(H,25,26)/b22-9-. The summed E-state index contributed by atoms with van der Waals surface area (Å²) in [6.45, 7) is 1.43. The lowest BCUT2D eigenvalue weighted by molar-refractivity contribution is -0.384. The number of carboxylic acids is 1. The number of nitrogens with one attached hydrogen (secondary N) is 1. The molecule has 2 aromatic rings. The summed E-state index contributed by atoms with van der Waals surface area (Å²) in [6, 6.07) is 6.49. The number of halogens is 3. The summed E-state index contributed by atoms with van der Waals surface area (Å²) in [5, 5.41) is 23.6. The summed E-state index contributed by atoms with van der Waals surface area (Å²) >= 11 is 0. The summed E-state index contributed by atoms with van der Waals surface area (Å²) in [4.78, 5) is 20.8. The smallest absolute Gasteiger partial charge is 0.416 e. The van der Waals surface area contributed by atoms with E-state index < -0.39 is 34.9 Å². The maximum absolute atomic E-state index is 12.7. The molecule has 0 aliphatic carbocycles. The van der Waals surface area contributed by atoms with E-state index in [1.54, 1.807) is 6.92 Å². The largest absolute Gasteiger partial charge is 0.490 e. The molecule has 30 heavy (non-hydrogen) atoms. The van der Waals surface area contributed by atoms with Crippen LogP contribution in [0, 0.1) is 10.1 Å². The van der Waals surface area contributed by atoms with E-state index in [4.69, 9.17) is 14.6 Å². The minimum absolute atomic E-state index is 0.197. The summed E-state index contributed by atoms with van der Waals surface area (Å²) in [7, 11) is 0. The van der Waals surface area contributed by atoms with Crippen molar-refractivity contribution in [1.29, 1.82) is 0 Å². The van der Waals surface area contributed by atoms with Crippen LogP contribution in [0.5, 0.6) is 11.5 Å². The molecule has 0 aliphatic rings. The second-order valence-electron chi connectivity index (χ2n) is 5.68. The molecule has 2 aromatic carbocycles. The number of nitro benzene ring substituents is 1. The van der Waals surface area contributed by atoms with Crippen LogP contribution < -0.4 is 14.9 Å². The molecule has 9 nitrogen and oxygen atoms in total. The number of ether oxygens (including phenoxy) is 2. The van der Waals surface area contributed by atoms with Crippen molar-refractivity contribution in [3.05, 3.63) is 57.6 Å². The van der Waals surface area contributed by atoms with E-state index in [1.165, 1.54) is 24.4 Å². The van der Waals surface area contributed by atoms with Crippen molar-refractivity contribution < 1.29 is 37.5 Å². The molecule has 0 atom stereocenters. The molecule has 0 saturated heterocycles. The third-order valence-electron chi connectivity index (χ3n) is 3.54. The van der Waals surface area contributed by atoms with Gasteiger partial charge in [-0.05, 0) is 42.8 Å². The van der Waals surface area contributed by atoms with Crippen LogP contribution in [-0.2, 0) is 11.0 Å². The quantitative estimate of drug-likeness (QED) is 0.353. The van der Waals surface area contributed by atoms with Gasteiger partial charge in [-0.25, -0.2) is 4.79 Å². The maximum Gasteiger partial charge on any atom is 0.416 e. The number of hydrazone groups is 1. The van der Waals surface area contributed by atoms with Gasteiger partial charge >= 0.3 is 12.1 Å². The number of rotatable bonds is 9. The molecule has 12 heteroatoms. The first-order chi connectivity index (χ1) is 14.1. The van der Waals surface area contributed by atoms with E-state index in [1.807, 2.05) is 0 Å². The summed E-state index contributed by atoms with van der Waals surface area (Å²) in [5.74, 6) is -0.712. The van der Waals surface area contributed by atoms with Crippen molar-refractivity contribution in [2.24, 2.45) is 5.10 Å². The van der Waals surface area contributed by atoms with Gasteiger partial charge in [-0.2, -0.15) is 18.3 Å². The molecule has 0 heterocycles. The van der Waals surface area contributed by atoms with Gasteiger partial charge in [0.1, 0.15) is 5.69 Å². The molecule has 0 unspecified atom stereocenters. The zero-order valence-electron chi connectivity index (χ0n) is 15.5. The van der Waals surface area contributed by atoms with E-state index in [-0.39, 0.29) is 23.8 Å². The Balaban J connectivity index is 2.21. The predicted molar refractivity (Wildman–Crippen MR) is 100 cm³/mol. The number of carbonyl (C=O) groups is 1. The van der Waals surface area contributed by atoms with Crippen LogP contribution in [0.15, 0.2) is 41.5 Å². The molecule has 0 saturated carbocycles. The van der Waals surface area contributed by atoms with Gasteiger partial charge in [-0.3, -0.25) is 15.5 Å². The first kappa shape index (κ1) is 22.5. The number of nitrogens with zero attached hydrogens (tertiary/aromatic N) is 2. The van der Waals surface area contributed by atoms with Crippen LogP contribution in [0.2, 0.25) is 0 Å². The van der Waals surface area contributed by atoms with Gasteiger partial charge in [-0.1, -0.05) is 0 Å². The first-order valence-corrected chi connectivity index (χ1v) is 8.38. The average Bonchev–Trinajstić information content (AvgIpc) is 2.66. The Kier molecular flexibility index (Phi) is 7.17. The van der Waals surface area contributed by atoms with Crippen molar-refractivity contribution in [1.82, 2.24) is 0 Å². The highest BCUT2D eigenvalue weighted by atomic mass is 19.4. The van der Waals surface area contributed by atoms with Crippen LogP contribution >= 0.6 is 0 Å². The average molecular weight is 427 g/mol. The number of aliphatic carboxylic acids is 1. The number of alkyl halides is 3. The van der Waals surface area contributed by atoms with Crippen molar-refractivity contribution in [2.45, 2.75) is 13.1 Å². The van der Waals surface area contributed by atoms with Crippen molar-refractivity contribution in [3.63, 3.8) is 0 Å². The third-order valence-corrected chi connectivity index (χ3v) is 3.54. The molecular formula is C18H16F3N3O6. The Hall–Kier alpha value is -3.83. The van der Waals surface area contributed by atoms with Crippen LogP contribution in [0.25, 0.3) is 0 Å². The fourth-order valence-electron chi connectivity index (χ4n) is 2.26. The lowest BCUT2D eigenvalue weighted by Crippen LogP contribution is -2.10. The van der Waals surface area contributed by atoms with E-state index in [9.17, 15) is 28.1 Å². The fourth-order valence-corrected chi connectivity index (χ4v) is 2.26. The lowest BCUT2D eigenvalue weighted by atomic mass is 10.1. The number of hydrogen-bond donors (Lipinski definition) is 2. The van der Waals surface area contributed by atoms with Crippen LogP contribution in [0.1, 0.15) is 18.1 Å². The monoisotopic (exact) mass is 427 g/mol. The minimum atomic E-state index is -4.72. The lowest BCUT2D eigenvalue weighted by Gasteiger charge is -2.11. The van der Waals surface area contributed by atoms with Gasteiger partial charge in [0.05, 0.1) is 23.3 Å². The van der Waals surface area contributed by atoms with Gasteiger partial charge in [0.15, 0.2) is 18.1 Å². The molecular weight excluding hydrogens is 411 g/mol. The highest BCUT2D eigenvalue weighted by Gasteiger charge is 2.33. The summed E-state index contributed by atoms with van der Waals surface area (Å²) < 4.78 is 48.7. The third kappa shape index (κ3) is 6.09. The molecule has 160 valence electrons. The van der Waals surface area contributed by atoms with Crippen LogP contribution in [0.3, 0.4) is 0 Å². The highest BCUT2D eigenvalue weighted by molar-refractivity contribution is 5.82. The van der Waals surface area contributed by atoms with Gasteiger partial charge in [0.2, 0.25) is 0 Å². The van der Waals surface area contributed by atoms with E-state index in [0.717, 1.165) is 6.07 Å². The van der Waals surface area contributed by atoms with Gasteiger partial charge < -0.3 is 14.6 Å². The molecule has 0 aliphatic heterocycles. The van der Waals surface area contributed by atoms with E-state index in [0.29, 0.717) is 17.7 Å². The Bertz CT molecular complexity index is 963. The molecule has 0 aromatic heterocycles. The minimum Gasteiger partial charge on any atom is -0.490 e. The molecule has 0 spiro atoms. The van der Waals surface area contributed by atoms with E-state index in [2.05, 4.69) is 10.5 Å². The molecule has 0 radical (unpaired) electrons. The van der Waals surface area contributed by atoms with Gasteiger partial charge in [0, 0.05) is 6.07 Å². The molecule has 0 bridgehead atoms. The van der Waals surface area contributed by atoms with E-state index >= 15 is 0 Å². The Morgan fingerprint density at radius 2 is 1.97 bits per heavy atom. The first-order valence-electron chi connectivity index (χ1n) is 8.38. The fraction of sp³-hybridized carbons (Fsp3) is 0.222. The highest BCUT2D eigenvalue weighted by Crippen LogP contribution is 2.35. The molecule has 2 rings (SSSR count). The van der Waals surface area contributed by atoms with Crippen LogP contribution in [-0.4, -0.2) is 35.4 Å². The number of hydrogen-bond acceptors (Lipinski definition) is 7. The zero-order valence-corrected chi connectivity index (χ0v) is 15.5. The van der Waals surface area contributed by atoms with Gasteiger partial charge in [0.25, 0.3) is 5.69 Å². The summed E-state index contributed by atoms with van der Waals surface area (Å²) in [6.07, 6.45) is -3.46.